The van der Waals surface area contributed by atoms with Crippen LogP contribution < -0.4 is 10.9 Å². The molecule has 1 heterocycles. The van der Waals surface area contributed by atoms with Crippen LogP contribution >= 0.6 is 11.8 Å². The molecular weight excluding hydrogens is 462 g/mol. The average Bonchev–Trinajstić information content (AvgIpc) is 2.86. The van der Waals surface area contributed by atoms with Gasteiger partial charge in [0.25, 0.3) is 5.56 Å². The molecule has 7 nitrogen and oxygen atoms in total. The second kappa shape index (κ2) is 8.96. The molecule has 4 aromatic rings. The number of anilines is 1. The smallest absolute Gasteiger partial charge is 0.262 e. The van der Waals surface area contributed by atoms with E-state index in [0.717, 1.165) is 0 Å². The molecular formula is C27H21N3O4S. The zero-order valence-electron chi connectivity index (χ0n) is 19.1. The molecule has 0 bridgehead atoms. The van der Waals surface area contributed by atoms with Gasteiger partial charge >= 0.3 is 0 Å². The summed E-state index contributed by atoms with van der Waals surface area (Å²) < 4.78 is 1.58. The number of benzene rings is 3. The normalized spacial score (nSPS) is 12.5. The van der Waals surface area contributed by atoms with Crippen molar-refractivity contribution in [3.05, 3.63) is 99.3 Å². The zero-order chi connectivity index (χ0) is 24.7. The van der Waals surface area contributed by atoms with Crippen molar-refractivity contribution >= 4 is 45.8 Å². The van der Waals surface area contributed by atoms with Gasteiger partial charge in [-0.1, -0.05) is 48.2 Å². The van der Waals surface area contributed by atoms with Crippen LogP contribution in [0.2, 0.25) is 0 Å². The summed E-state index contributed by atoms with van der Waals surface area (Å²) in [5.74, 6) is -0.757. The fraction of sp³-hybridized carbons (Fsp3) is 0.148. The van der Waals surface area contributed by atoms with Gasteiger partial charge in [0.15, 0.2) is 16.7 Å². The van der Waals surface area contributed by atoms with E-state index < -0.39 is 0 Å². The van der Waals surface area contributed by atoms with E-state index in [1.165, 1.54) is 17.8 Å². The monoisotopic (exact) mass is 483 g/mol. The first-order valence-corrected chi connectivity index (χ1v) is 12.1. The molecule has 1 amide bonds. The largest absolute Gasteiger partial charge is 0.325 e. The van der Waals surface area contributed by atoms with Gasteiger partial charge in [-0.2, -0.15) is 0 Å². The van der Waals surface area contributed by atoms with Crippen LogP contribution in [0.15, 0.2) is 76.7 Å². The van der Waals surface area contributed by atoms with E-state index in [4.69, 9.17) is 0 Å². The molecule has 0 radical (unpaired) electrons. The molecule has 0 fully saturated rings. The van der Waals surface area contributed by atoms with Crippen molar-refractivity contribution in [2.24, 2.45) is 0 Å². The van der Waals surface area contributed by atoms with E-state index >= 15 is 0 Å². The third-order valence-electron chi connectivity index (χ3n) is 5.83. The first-order valence-electron chi connectivity index (χ1n) is 11.1. The third-order valence-corrected chi connectivity index (χ3v) is 6.79. The van der Waals surface area contributed by atoms with Crippen molar-refractivity contribution in [2.45, 2.75) is 25.0 Å². The molecule has 174 valence electrons. The molecule has 3 aromatic carbocycles. The molecule has 0 saturated heterocycles. The highest BCUT2D eigenvalue weighted by atomic mass is 32.2. The predicted molar refractivity (Wildman–Crippen MR) is 135 cm³/mol. The minimum absolute atomic E-state index is 0.0182. The summed E-state index contributed by atoms with van der Waals surface area (Å²) in [6, 6.07) is 18.4. The van der Waals surface area contributed by atoms with Crippen LogP contribution in [0.4, 0.5) is 5.69 Å². The summed E-state index contributed by atoms with van der Waals surface area (Å²) >= 11 is 1.17. The van der Waals surface area contributed by atoms with Crippen LogP contribution in [0.3, 0.4) is 0 Å². The van der Waals surface area contributed by atoms with Crippen molar-refractivity contribution in [2.75, 3.05) is 11.1 Å². The number of para-hydroxylation sites is 1. The van der Waals surface area contributed by atoms with Crippen LogP contribution in [0.5, 0.6) is 0 Å². The number of carbonyl (C=O) groups excluding carboxylic acids is 3. The van der Waals surface area contributed by atoms with Gasteiger partial charge in [-0.3, -0.25) is 23.7 Å². The number of nitrogens with one attached hydrogen (secondary N) is 1. The Balaban J connectivity index is 1.36. The lowest BCUT2D eigenvalue weighted by atomic mass is 9.84. The summed E-state index contributed by atoms with van der Waals surface area (Å²) in [5.41, 5.74) is 2.19. The number of hydrogen-bond acceptors (Lipinski definition) is 6. The molecule has 0 atom stereocenters. The highest BCUT2D eigenvalue weighted by molar-refractivity contribution is 7.99. The maximum absolute atomic E-state index is 13.0. The Labute approximate surface area is 205 Å². The number of hydrogen-bond donors (Lipinski definition) is 1. The lowest BCUT2D eigenvalue weighted by Crippen LogP contribution is -2.25. The van der Waals surface area contributed by atoms with Gasteiger partial charge in [0.1, 0.15) is 0 Å². The minimum atomic E-state index is -0.317. The molecule has 1 aliphatic rings. The molecule has 5 rings (SSSR count). The van der Waals surface area contributed by atoms with E-state index in [1.54, 1.807) is 59.2 Å². The van der Waals surface area contributed by atoms with Crippen molar-refractivity contribution in [3.63, 3.8) is 0 Å². The van der Waals surface area contributed by atoms with Gasteiger partial charge in [0.05, 0.1) is 16.7 Å². The molecule has 1 aromatic heterocycles. The molecule has 35 heavy (non-hydrogen) atoms. The van der Waals surface area contributed by atoms with Crippen LogP contribution in [0.1, 0.15) is 51.7 Å². The maximum Gasteiger partial charge on any atom is 0.262 e. The topological polar surface area (TPSA) is 98.1 Å². The van der Waals surface area contributed by atoms with Crippen LogP contribution in [-0.2, 0) is 4.79 Å². The average molecular weight is 484 g/mol. The number of carbonyl (C=O) groups is 3. The summed E-state index contributed by atoms with van der Waals surface area (Å²) in [7, 11) is 0. The summed E-state index contributed by atoms with van der Waals surface area (Å²) in [6.45, 7) is 3.79. The van der Waals surface area contributed by atoms with Gasteiger partial charge in [-0.25, -0.2) is 4.98 Å². The summed E-state index contributed by atoms with van der Waals surface area (Å²) in [5, 5.41) is 3.78. The quantitative estimate of drug-likeness (QED) is 0.292. The lowest BCUT2D eigenvalue weighted by Gasteiger charge is -2.18. The molecule has 8 heteroatoms. The number of ketones is 2. The number of amides is 1. The standard InChI is InChI=1S/C27H21N3O4S/c1-15(2)30-26(34)20-9-5-6-10-22(20)29-27(30)35-14-23(31)28-16-11-12-19-21(13-16)25(33)18-8-4-3-7-17(18)24(19)32/h3-13,15H,14H2,1-2H3,(H,28,31). The Morgan fingerprint density at radius 2 is 1.51 bits per heavy atom. The lowest BCUT2D eigenvalue weighted by molar-refractivity contribution is -0.113. The van der Waals surface area contributed by atoms with Gasteiger partial charge in [0, 0.05) is 34.0 Å². The van der Waals surface area contributed by atoms with E-state index in [9.17, 15) is 19.2 Å². The third kappa shape index (κ3) is 4.06. The Morgan fingerprint density at radius 1 is 0.886 bits per heavy atom. The first-order chi connectivity index (χ1) is 16.8. The Morgan fingerprint density at radius 3 is 2.23 bits per heavy atom. The second-order valence-corrected chi connectivity index (χ2v) is 9.42. The van der Waals surface area contributed by atoms with Gasteiger partial charge in [0.2, 0.25) is 5.91 Å². The SMILES string of the molecule is CC(C)n1c(SCC(=O)Nc2ccc3c(c2)C(=O)c2ccccc2C3=O)nc2ccccc2c1=O. The molecule has 0 spiro atoms. The fourth-order valence-corrected chi connectivity index (χ4v) is 5.12. The Hall–Kier alpha value is -4.04. The van der Waals surface area contributed by atoms with Crippen molar-refractivity contribution < 1.29 is 14.4 Å². The molecule has 1 N–H and O–H groups in total. The number of rotatable bonds is 5. The van der Waals surface area contributed by atoms with Crippen molar-refractivity contribution in [1.29, 1.82) is 0 Å². The van der Waals surface area contributed by atoms with Crippen LogP contribution in [0, 0.1) is 0 Å². The number of nitrogens with zero attached hydrogens (tertiary/aromatic N) is 2. The molecule has 0 aliphatic heterocycles. The highest BCUT2D eigenvalue weighted by Crippen LogP contribution is 2.29. The Kier molecular flexibility index (Phi) is 5.82. The van der Waals surface area contributed by atoms with E-state index in [-0.39, 0.29) is 40.4 Å². The molecule has 0 unspecified atom stereocenters. The summed E-state index contributed by atoms with van der Waals surface area (Å²) in [6.07, 6.45) is 0. The van der Waals surface area contributed by atoms with Gasteiger partial charge in [-0.15, -0.1) is 0 Å². The van der Waals surface area contributed by atoms with Gasteiger partial charge < -0.3 is 5.32 Å². The highest BCUT2D eigenvalue weighted by Gasteiger charge is 2.29. The molecule has 0 saturated carbocycles. The van der Waals surface area contributed by atoms with Crippen LogP contribution in [-0.4, -0.2) is 32.8 Å². The van der Waals surface area contributed by atoms with Crippen molar-refractivity contribution in [3.8, 4) is 0 Å². The number of fused-ring (bicyclic) bond motifs is 3. The zero-order valence-corrected chi connectivity index (χ0v) is 19.9. The number of aromatic nitrogens is 2. The van der Waals surface area contributed by atoms with Gasteiger partial charge in [-0.05, 0) is 44.2 Å². The van der Waals surface area contributed by atoms with E-state index in [2.05, 4.69) is 10.3 Å². The van der Waals surface area contributed by atoms with Crippen LogP contribution in [0.25, 0.3) is 10.9 Å². The summed E-state index contributed by atoms with van der Waals surface area (Å²) in [4.78, 5) is 56.0. The van der Waals surface area contributed by atoms with E-state index in [0.29, 0.717) is 38.4 Å². The molecule has 1 aliphatic carbocycles. The fourth-order valence-electron chi connectivity index (χ4n) is 4.19. The predicted octanol–water partition coefficient (Wildman–Crippen LogP) is 4.48. The maximum atomic E-state index is 13.0. The number of thioether (sulfide) groups is 1. The van der Waals surface area contributed by atoms with Crippen molar-refractivity contribution in [1.82, 2.24) is 9.55 Å². The van der Waals surface area contributed by atoms with E-state index in [1.807, 2.05) is 19.9 Å². The Bertz CT molecular complexity index is 1590. The minimum Gasteiger partial charge on any atom is -0.325 e. The second-order valence-electron chi connectivity index (χ2n) is 8.48. The first kappa shape index (κ1) is 22.7.